The highest BCUT2D eigenvalue weighted by atomic mass is 32.2. The third-order valence-electron chi connectivity index (χ3n) is 5.04. The van der Waals surface area contributed by atoms with Gasteiger partial charge in [0.05, 0.1) is 29.0 Å². The number of nitrogens with one attached hydrogen (secondary N) is 1. The Balaban J connectivity index is 1.57. The number of rotatable bonds is 10. The highest BCUT2D eigenvalue weighted by Crippen LogP contribution is 2.25. The number of benzene rings is 2. The summed E-state index contributed by atoms with van der Waals surface area (Å²) in [5.41, 5.74) is 1.18. The summed E-state index contributed by atoms with van der Waals surface area (Å²) in [4.78, 5) is 25.6. The molecule has 0 bridgehead atoms. The summed E-state index contributed by atoms with van der Waals surface area (Å²) in [6.45, 7) is 6.75. The lowest BCUT2D eigenvalue weighted by Gasteiger charge is -2.12. The second kappa shape index (κ2) is 10.4. The average molecular weight is 464 g/mol. The Labute approximate surface area is 195 Å². The summed E-state index contributed by atoms with van der Waals surface area (Å²) in [6, 6.07) is 14.7. The number of allylic oxidation sites excluding steroid dienone is 1. The van der Waals surface area contributed by atoms with Crippen molar-refractivity contribution in [1.29, 1.82) is 0 Å². The second-order valence-electron chi connectivity index (χ2n) is 7.37. The molecular weight excluding hydrogens is 438 g/mol. The van der Waals surface area contributed by atoms with Crippen molar-refractivity contribution in [3.8, 4) is 5.75 Å². The van der Waals surface area contributed by atoms with Gasteiger partial charge in [-0.15, -0.1) is 16.8 Å². The number of fused-ring (bicyclic) bond motifs is 3. The van der Waals surface area contributed by atoms with Gasteiger partial charge in [-0.1, -0.05) is 55.4 Å². The highest BCUT2D eigenvalue weighted by molar-refractivity contribution is 7.99. The fourth-order valence-corrected chi connectivity index (χ4v) is 4.20. The molecule has 0 unspecified atom stereocenters. The van der Waals surface area contributed by atoms with Crippen molar-refractivity contribution < 1.29 is 9.53 Å². The lowest BCUT2D eigenvalue weighted by molar-refractivity contribution is -0.113. The van der Waals surface area contributed by atoms with Gasteiger partial charge in [0.15, 0.2) is 5.16 Å². The number of anilines is 1. The van der Waals surface area contributed by atoms with Crippen LogP contribution in [0.25, 0.3) is 16.7 Å². The molecule has 0 aliphatic heterocycles. The molecule has 0 aliphatic rings. The van der Waals surface area contributed by atoms with Crippen LogP contribution in [0.4, 0.5) is 5.69 Å². The number of aromatic nitrogens is 4. The Morgan fingerprint density at radius 2 is 1.97 bits per heavy atom. The lowest BCUT2D eigenvalue weighted by atomic mass is 10.2. The average Bonchev–Trinajstić information content (AvgIpc) is 3.26. The summed E-state index contributed by atoms with van der Waals surface area (Å²) in [5.74, 6) is 0.999. The van der Waals surface area contributed by atoms with Gasteiger partial charge in [-0.2, -0.15) is 0 Å². The smallest absolute Gasteiger partial charge is 0.263 e. The summed E-state index contributed by atoms with van der Waals surface area (Å²) in [5, 5.41) is 12.5. The number of amides is 1. The number of ether oxygens (including phenoxy) is 1. The maximum atomic E-state index is 12.9. The molecule has 4 aromatic rings. The van der Waals surface area contributed by atoms with E-state index in [0.29, 0.717) is 46.4 Å². The van der Waals surface area contributed by atoms with E-state index in [1.807, 2.05) is 42.5 Å². The third-order valence-corrected chi connectivity index (χ3v) is 5.97. The predicted octanol–water partition coefficient (Wildman–Crippen LogP) is 4.14. The minimum atomic E-state index is -0.188. The SMILES string of the molecule is C=CCn1c(=O)c2ccccc2n2c(SCC(=O)Nc3ccccc3OCCCC)nnc12. The quantitative estimate of drug-likeness (QED) is 0.216. The van der Waals surface area contributed by atoms with Crippen LogP contribution in [0.3, 0.4) is 0 Å². The molecule has 2 heterocycles. The van der Waals surface area contributed by atoms with Crippen LogP contribution in [-0.4, -0.2) is 37.4 Å². The van der Waals surface area contributed by atoms with Crippen LogP contribution in [0.15, 0.2) is 71.1 Å². The topological polar surface area (TPSA) is 90.5 Å². The fourth-order valence-electron chi connectivity index (χ4n) is 3.46. The van der Waals surface area contributed by atoms with Crippen LogP contribution in [-0.2, 0) is 11.3 Å². The first kappa shape index (κ1) is 22.6. The van der Waals surface area contributed by atoms with Gasteiger partial charge in [0.2, 0.25) is 11.7 Å². The minimum Gasteiger partial charge on any atom is -0.491 e. The summed E-state index contributed by atoms with van der Waals surface area (Å²) in [6.07, 6.45) is 3.63. The van der Waals surface area contributed by atoms with Crippen LogP contribution in [0, 0.1) is 0 Å². The number of unbranched alkanes of at least 4 members (excludes halogenated alkanes) is 1. The molecule has 0 saturated heterocycles. The number of thioether (sulfide) groups is 1. The number of nitrogens with zero attached hydrogens (tertiary/aromatic N) is 4. The second-order valence-corrected chi connectivity index (χ2v) is 8.32. The molecule has 170 valence electrons. The van der Waals surface area contributed by atoms with Crippen LogP contribution in [0.2, 0.25) is 0 Å². The Bertz CT molecular complexity index is 1360. The molecule has 0 saturated carbocycles. The normalized spacial score (nSPS) is 11.1. The van der Waals surface area contributed by atoms with Gasteiger partial charge >= 0.3 is 0 Å². The molecule has 0 radical (unpaired) electrons. The molecule has 1 N–H and O–H groups in total. The molecule has 2 aromatic carbocycles. The van der Waals surface area contributed by atoms with Gasteiger partial charge in [0, 0.05) is 6.54 Å². The molecule has 33 heavy (non-hydrogen) atoms. The molecule has 1 amide bonds. The van der Waals surface area contributed by atoms with Crippen LogP contribution in [0.1, 0.15) is 19.8 Å². The van der Waals surface area contributed by atoms with Crippen molar-refractivity contribution in [3.05, 3.63) is 71.5 Å². The van der Waals surface area contributed by atoms with E-state index in [4.69, 9.17) is 4.74 Å². The molecule has 0 aliphatic carbocycles. The minimum absolute atomic E-state index is 0.124. The van der Waals surface area contributed by atoms with E-state index in [1.54, 1.807) is 16.5 Å². The number of carbonyl (C=O) groups is 1. The van der Waals surface area contributed by atoms with E-state index >= 15 is 0 Å². The first-order valence-corrected chi connectivity index (χ1v) is 11.7. The van der Waals surface area contributed by atoms with Gasteiger partial charge in [0.1, 0.15) is 5.75 Å². The summed E-state index contributed by atoms with van der Waals surface area (Å²) < 4.78 is 9.12. The molecule has 9 heteroatoms. The molecule has 4 rings (SSSR count). The molecular formula is C24H25N5O3S. The van der Waals surface area contributed by atoms with Crippen molar-refractivity contribution in [1.82, 2.24) is 19.2 Å². The maximum absolute atomic E-state index is 12.9. The number of carbonyl (C=O) groups excluding carboxylic acids is 1. The Kier molecular flexibility index (Phi) is 7.09. The van der Waals surface area contributed by atoms with Gasteiger partial charge in [-0.25, -0.2) is 0 Å². The highest BCUT2D eigenvalue weighted by Gasteiger charge is 2.17. The summed E-state index contributed by atoms with van der Waals surface area (Å²) in [7, 11) is 0. The first-order chi connectivity index (χ1) is 16.1. The molecule has 8 nitrogen and oxygen atoms in total. The van der Waals surface area contributed by atoms with Crippen molar-refractivity contribution >= 4 is 40.0 Å². The van der Waals surface area contributed by atoms with E-state index < -0.39 is 0 Å². The van der Waals surface area contributed by atoms with Gasteiger partial charge in [0.25, 0.3) is 5.56 Å². The van der Waals surface area contributed by atoms with E-state index in [-0.39, 0.29) is 17.2 Å². The van der Waals surface area contributed by atoms with E-state index in [1.165, 1.54) is 16.3 Å². The Morgan fingerprint density at radius 1 is 1.18 bits per heavy atom. The van der Waals surface area contributed by atoms with Crippen molar-refractivity contribution in [3.63, 3.8) is 0 Å². The van der Waals surface area contributed by atoms with Crippen molar-refractivity contribution in [2.75, 3.05) is 17.7 Å². The molecule has 0 fully saturated rings. The predicted molar refractivity (Wildman–Crippen MR) is 131 cm³/mol. The van der Waals surface area contributed by atoms with Crippen LogP contribution in [0.5, 0.6) is 5.75 Å². The first-order valence-electron chi connectivity index (χ1n) is 10.8. The van der Waals surface area contributed by atoms with E-state index in [9.17, 15) is 9.59 Å². The van der Waals surface area contributed by atoms with Crippen LogP contribution >= 0.6 is 11.8 Å². The lowest BCUT2D eigenvalue weighted by Crippen LogP contribution is -2.22. The maximum Gasteiger partial charge on any atom is 0.263 e. The zero-order valence-corrected chi connectivity index (χ0v) is 19.2. The van der Waals surface area contributed by atoms with Crippen LogP contribution < -0.4 is 15.6 Å². The van der Waals surface area contributed by atoms with Gasteiger partial charge in [-0.3, -0.25) is 18.6 Å². The standard InChI is InChI=1S/C24H25N5O3S/c1-3-5-15-32-20-13-9-7-11-18(20)25-21(30)16-33-24-27-26-23-28(14-4-2)22(31)17-10-6-8-12-19(17)29(23)24/h4,6-13H,2-3,5,14-16H2,1H3,(H,25,30). The molecule has 2 aromatic heterocycles. The van der Waals surface area contributed by atoms with Gasteiger partial charge in [-0.05, 0) is 30.7 Å². The Hall–Kier alpha value is -3.59. The van der Waals surface area contributed by atoms with Crippen molar-refractivity contribution in [2.24, 2.45) is 0 Å². The number of hydrogen-bond donors (Lipinski definition) is 1. The molecule has 0 spiro atoms. The van der Waals surface area contributed by atoms with E-state index in [2.05, 4.69) is 29.0 Å². The van der Waals surface area contributed by atoms with E-state index in [0.717, 1.165) is 12.8 Å². The van der Waals surface area contributed by atoms with Crippen molar-refractivity contribution in [2.45, 2.75) is 31.5 Å². The zero-order chi connectivity index (χ0) is 23.2. The fraction of sp³-hybridized carbons (Fsp3) is 0.250. The Morgan fingerprint density at radius 3 is 2.79 bits per heavy atom. The zero-order valence-electron chi connectivity index (χ0n) is 18.4. The summed E-state index contributed by atoms with van der Waals surface area (Å²) >= 11 is 1.25. The number of para-hydroxylation sites is 3. The monoisotopic (exact) mass is 463 g/mol. The van der Waals surface area contributed by atoms with Gasteiger partial charge < -0.3 is 10.1 Å². The largest absolute Gasteiger partial charge is 0.491 e. The number of hydrogen-bond acceptors (Lipinski definition) is 6. The molecule has 0 atom stereocenters. The third kappa shape index (κ3) is 4.78.